The molecule has 4 atom stereocenters. The lowest BCUT2D eigenvalue weighted by atomic mass is 9.69. The maximum absolute atomic E-state index is 6.44. The zero-order valence-electron chi connectivity index (χ0n) is 11.0. The molecule has 2 rings (SSSR count). The fourth-order valence-corrected chi connectivity index (χ4v) is 3.25. The minimum absolute atomic E-state index is 0.0133. The summed E-state index contributed by atoms with van der Waals surface area (Å²) in [6.07, 6.45) is 7.78. The highest BCUT2D eigenvalue weighted by Gasteiger charge is 2.51. The highest BCUT2D eigenvalue weighted by molar-refractivity contribution is 5.25. The fraction of sp³-hybridized carbons (Fsp3) is 0.733. The normalized spacial score (nSPS) is 48.1. The van der Waals surface area contributed by atoms with Crippen LogP contribution in [0.25, 0.3) is 0 Å². The van der Waals surface area contributed by atoms with Gasteiger partial charge in [-0.15, -0.1) is 6.58 Å². The topological polar surface area (TPSA) is 9.23 Å². The second-order valence-electron chi connectivity index (χ2n) is 5.90. The molecule has 1 aliphatic carbocycles. The summed E-state index contributed by atoms with van der Waals surface area (Å²) in [5.41, 5.74) is 1.30. The molecule has 90 valence electrons. The summed E-state index contributed by atoms with van der Waals surface area (Å²) >= 11 is 0. The van der Waals surface area contributed by atoms with Crippen molar-refractivity contribution in [3.05, 3.63) is 24.3 Å². The molecule has 16 heavy (non-hydrogen) atoms. The average molecular weight is 220 g/mol. The molecule has 2 unspecified atom stereocenters. The first-order chi connectivity index (χ1) is 7.43. The van der Waals surface area contributed by atoms with Crippen LogP contribution >= 0.6 is 0 Å². The predicted octanol–water partition coefficient (Wildman–Crippen LogP) is 4.10. The van der Waals surface area contributed by atoms with Crippen LogP contribution < -0.4 is 0 Å². The van der Waals surface area contributed by atoms with Gasteiger partial charge in [0.05, 0.1) is 11.2 Å². The smallest absolute Gasteiger partial charge is 0.0929 e. The van der Waals surface area contributed by atoms with Crippen molar-refractivity contribution in [2.75, 3.05) is 0 Å². The first-order valence-corrected chi connectivity index (χ1v) is 6.44. The van der Waals surface area contributed by atoms with E-state index in [2.05, 4.69) is 40.3 Å². The lowest BCUT2D eigenvalue weighted by molar-refractivity contribution is -0.0924. The molecule has 1 heteroatoms. The quantitative estimate of drug-likeness (QED) is 0.604. The Balaban J connectivity index is 2.34. The van der Waals surface area contributed by atoms with Crippen molar-refractivity contribution in [2.45, 2.75) is 58.2 Å². The molecule has 0 bridgehead atoms. The van der Waals surface area contributed by atoms with Crippen molar-refractivity contribution in [3.63, 3.8) is 0 Å². The molecule has 0 N–H and O–H groups in total. The van der Waals surface area contributed by atoms with Crippen LogP contribution in [-0.4, -0.2) is 11.2 Å². The first-order valence-electron chi connectivity index (χ1n) is 6.44. The van der Waals surface area contributed by atoms with Gasteiger partial charge in [-0.1, -0.05) is 26.0 Å². The SMILES string of the molecule is C=C[C@@]1(C)CC[C@@]2(O1)C(C)=CCC(C)C2C. The van der Waals surface area contributed by atoms with Crippen molar-refractivity contribution in [3.8, 4) is 0 Å². The molecule has 1 saturated heterocycles. The van der Waals surface area contributed by atoms with Crippen LogP contribution in [0.15, 0.2) is 24.3 Å². The van der Waals surface area contributed by atoms with Crippen molar-refractivity contribution >= 4 is 0 Å². The summed E-state index contributed by atoms with van der Waals surface area (Å²) in [6.45, 7) is 13.0. The van der Waals surface area contributed by atoms with E-state index in [9.17, 15) is 0 Å². The van der Waals surface area contributed by atoms with Crippen molar-refractivity contribution < 1.29 is 4.74 Å². The molecule has 0 aromatic rings. The Kier molecular flexibility index (Phi) is 2.78. The molecule has 0 aromatic heterocycles. The minimum Gasteiger partial charge on any atom is -0.360 e. The van der Waals surface area contributed by atoms with Gasteiger partial charge in [0, 0.05) is 0 Å². The van der Waals surface area contributed by atoms with Crippen LogP contribution in [0.2, 0.25) is 0 Å². The monoisotopic (exact) mass is 220 g/mol. The van der Waals surface area contributed by atoms with Gasteiger partial charge in [0.2, 0.25) is 0 Å². The van der Waals surface area contributed by atoms with E-state index in [1.807, 2.05) is 6.08 Å². The summed E-state index contributed by atoms with van der Waals surface area (Å²) in [4.78, 5) is 0. The van der Waals surface area contributed by atoms with Gasteiger partial charge in [0.15, 0.2) is 0 Å². The highest BCUT2D eigenvalue weighted by atomic mass is 16.5. The highest BCUT2D eigenvalue weighted by Crippen LogP contribution is 2.51. The zero-order chi connectivity index (χ0) is 12.0. The summed E-state index contributed by atoms with van der Waals surface area (Å²) in [6, 6.07) is 0. The number of hydrogen-bond acceptors (Lipinski definition) is 1. The third-order valence-electron chi connectivity index (χ3n) is 4.89. The molecule has 2 aliphatic rings. The Morgan fingerprint density at radius 1 is 1.44 bits per heavy atom. The van der Waals surface area contributed by atoms with E-state index in [1.54, 1.807) is 0 Å². The Morgan fingerprint density at radius 2 is 2.12 bits per heavy atom. The maximum Gasteiger partial charge on any atom is 0.0929 e. The molecule has 1 spiro atoms. The van der Waals surface area contributed by atoms with Crippen LogP contribution in [0.1, 0.15) is 47.0 Å². The maximum atomic E-state index is 6.44. The van der Waals surface area contributed by atoms with E-state index in [0.717, 1.165) is 18.8 Å². The van der Waals surface area contributed by atoms with Crippen LogP contribution in [0, 0.1) is 11.8 Å². The molecular weight excluding hydrogens is 196 g/mol. The van der Waals surface area contributed by atoms with Crippen LogP contribution in [0.3, 0.4) is 0 Å². The standard InChI is InChI=1S/C15H24O/c1-6-14(5)9-10-15(16-14)12(3)8-7-11(2)13(15)4/h6,8,11,13H,1,7,9-10H2,2-5H3/t11?,13?,14-,15+/m0/s1. The Bertz CT molecular complexity index is 330. The molecular formula is C15H24O. The second kappa shape index (κ2) is 3.73. The van der Waals surface area contributed by atoms with Crippen LogP contribution in [0.5, 0.6) is 0 Å². The molecule has 0 saturated carbocycles. The van der Waals surface area contributed by atoms with Gasteiger partial charge in [0.25, 0.3) is 0 Å². The van der Waals surface area contributed by atoms with E-state index in [1.165, 1.54) is 12.0 Å². The minimum atomic E-state index is -0.125. The van der Waals surface area contributed by atoms with Gasteiger partial charge in [-0.05, 0) is 50.5 Å². The Hall–Kier alpha value is -0.560. The lowest BCUT2D eigenvalue weighted by Crippen LogP contribution is -2.44. The summed E-state index contributed by atoms with van der Waals surface area (Å²) < 4.78 is 6.44. The third kappa shape index (κ3) is 1.57. The van der Waals surface area contributed by atoms with E-state index in [0.29, 0.717) is 5.92 Å². The molecule has 1 fully saturated rings. The molecule has 1 nitrogen and oxygen atoms in total. The number of rotatable bonds is 1. The van der Waals surface area contributed by atoms with Crippen molar-refractivity contribution in [1.82, 2.24) is 0 Å². The number of allylic oxidation sites excluding steroid dienone is 1. The molecule has 1 heterocycles. The van der Waals surface area contributed by atoms with Gasteiger partial charge >= 0.3 is 0 Å². The fourth-order valence-electron chi connectivity index (χ4n) is 3.25. The molecule has 0 radical (unpaired) electrons. The van der Waals surface area contributed by atoms with Crippen LogP contribution in [-0.2, 0) is 4.74 Å². The Labute approximate surface area is 99.6 Å². The van der Waals surface area contributed by atoms with Gasteiger partial charge in [-0.2, -0.15) is 0 Å². The average Bonchev–Trinajstić information content (AvgIpc) is 2.63. The number of hydrogen-bond donors (Lipinski definition) is 0. The molecule has 1 aliphatic heterocycles. The zero-order valence-corrected chi connectivity index (χ0v) is 11.0. The largest absolute Gasteiger partial charge is 0.360 e. The Morgan fingerprint density at radius 3 is 2.69 bits per heavy atom. The molecule has 0 aromatic carbocycles. The third-order valence-corrected chi connectivity index (χ3v) is 4.89. The van der Waals surface area contributed by atoms with E-state index in [-0.39, 0.29) is 11.2 Å². The lowest BCUT2D eigenvalue weighted by Gasteiger charge is -2.44. The van der Waals surface area contributed by atoms with Crippen molar-refractivity contribution in [1.29, 1.82) is 0 Å². The summed E-state index contributed by atoms with van der Waals surface area (Å²) in [5, 5.41) is 0. The van der Waals surface area contributed by atoms with E-state index < -0.39 is 0 Å². The van der Waals surface area contributed by atoms with Gasteiger partial charge in [0.1, 0.15) is 0 Å². The first kappa shape index (κ1) is 11.9. The summed E-state index contributed by atoms with van der Waals surface area (Å²) in [7, 11) is 0. The van der Waals surface area contributed by atoms with E-state index >= 15 is 0 Å². The van der Waals surface area contributed by atoms with Crippen LogP contribution in [0.4, 0.5) is 0 Å². The second-order valence-corrected chi connectivity index (χ2v) is 5.90. The van der Waals surface area contributed by atoms with Gasteiger partial charge < -0.3 is 4.74 Å². The van der Waals surface area contributed by atoms with Crippen molar-refractivity contribution in [2.24, 2.45) is 11.8 Å². The van der Waals surface area contributed by atoms with Gasteiger partial charge in [-0.25, -0.2) is 0 Å². The van der Waals surface area contributed by atoms with E-state index in [4.69, 9.17) is 4.74 Å². The summed E-state index contributed by atoms with van der Waals surface area (Å²) in [5.74, 6) is 1.33. The predicted molar refractivity (Wildman–Crippen MR) is 68.4 cm³/mol. The molecule has 0 amide bonds. The van der Waals surface area contributed by atoms with Gasteiger partial charge in [-0.3, -0.25) is 0 Å². The number of ether oxygens (including phenoxy) is 1.